The van der Waals surface area contributed by atoms with E-state index >= 15 is 0 Å². The highest BCUT2D eigenvalue weighted by Crippen LogP contribution is 2.34. The van der Waals surface area contributed by atoms with Crippen molar-refractivity contribution in [3.05, 3.63) is 70.4 Å². The molecule has 1 aliphatic carbocycles. The molecular formula is C25H25FN4O4. The molecule has 5 rings (SSSR count). The van der Waals surface area contributed by atoms with E-state index in [0.717, 1.165) is 12.8 Å². The van der Waals surface area contributed by atoms with Gasteiger partial charge in [0.15, 0.2) is 17.3 Å². The number of H-pyrrole nitrogens is 1. The van der Waals surface area contributed by atoms with Gasteiger partial charge in [-0.05, 0) is 43.0 Å². The third kappa shape index (κ3) is 4.64. The van der Waals surface area contributed by atoms with Crippen LogP contribution in [0.25, 0.3) is 11.0 Å². The van der Waals surface area contributed by atoms with Gasteiger partial charge in [0.25, 0.3) is 11.5 Å². The number of likely N-dealkylation sites (tertiary alicyclic amines) is 1. The Labute approximate surface area is 195 Å². The topological polar surface area (TPSA) is 104 Å². The van der Waals surface area contributed by atoms with Crippen molar-refractivity contribution in [1.29, 1.82) is 0 Å². The molecule has 2 fully saturated rings. The molecule has 34 heavy (non-hydrogen) atoms. The number of piperidine rings is 1. The van der Waals surface area contributed by atoms with Crippen molar-refractivity contribution in [2.45, 2.75) is 37.8 Å². The lowest BCUT2D eigenvalue weighted by Gasteiger charge is -2.34. The molecule has 9 heteroatoms. The van der Waals surface area contributed by atoms with E-state index in [1.54, 1.807) is 47.4 Å². The Balaban J connectivity index is 1.24. The van der Waals surface area contributed by atoms with Crippen LogP contribution >= 0.6 is 0 Å². The van der Waals surface area contributed by atoms with E-state index in [9.17, 15) is 18.8 Å². The summed E-state index contributed by atoms with van der Waals surface area (Å²) in [5, 5.41) is 2.76. The number of carbonyl (C=O) groups excluding carboxylic acids is 2. The molecule has 0 spiro atoms. The van der Waals surface area contributed by atoms with Gasteiger partial charge in [0.1, 0.15) is 12.1 Å². The van der Waals surface area contributed by atoms with Gasteiger partial charge in [0.05, 0.1) is 11.0 Å². The van der Waals surface area contributed by atoms with E-state index in [4.69, 9.17) is 4.74 Å². The second-order valence-corrected chi connectivity index (χ2v) is 8.79. The van der Waals surface area contributed by atoms with Gasteiger partial charge in [0, 0.05) is 25.9 Å². The highest BCUT2D eigenvalue weighted by Gasteiger charge is 2.40. The molecule has 0 bridgehead atoms. The average Bonchev–Trinajstić information content (AvgIpc) is 3.69. The molecule has 0 unspecified atom stereocenters. The number of para-hydroxylation sites is 3. The molecule has 2 N–H and O–H groups in total. The molecule has 8 nitrogen and oxygen atoms in total. The molecule has 1 saturated carbocycles. The Morgan fingerprint density at radius 1 is 1.06 bits per heavy atom. The fourth-order valence-electron chi connectivity index (χ4n) is 4.31. The lowest BCUT2D eigenvalue weighted by molar-refractivity contribution is -0.135. The first-order valence-electron chi connectivity index (χ1n) is 11.5. The van der Waals surface area contributed by atoms with E-state index in [1.807, 2.05) is 0 Å². The van der Waals surface area contributed by atoms with Gasteiger partial charge >= 0.3 is 0 Å². The van der Waals surface area contributed by atoms with E-state index in [-0.39, 0.29) is 29.4 Å². The summed E-state index contributed by atoms with van der Waals surface area (Å²) in [6, 6.07) is 12.5. The summed E-state index contributed by atoms with van der Waals surface area (Å²) in [4.78, 5) is 47.2. The molecule has 3 aromatic rings. The van der Waals surface area contributed by atoms with Crippen LogP contribution in [0.5, 0.6) is 5.75 Å². The predicted octanol–water partition coefficient (Wildman–Crippen LogP) is 2.64. The molecule has 0 radical (unpaired) electrons. The number of rotatable bonds is 6. The Hall–Kier alpha value is -3.75. The van der Waals surface area contributed by atoms with Crippen molar-refractivity contribution < 1.29 is 18.7 Å². The highest BCUT2D eigenvalue weighted by atomic mass is 19.1. The number of benzene rings is 2. The molecule has 176 valence electrons. The van der Waals surface area contributed by atoms with Crippen molar-refractivity contribution in [1.82, 2.24) is 20.2 Å². The molecule has 2 heterocycles. The van der Waals surface area contributed by atoms with Gasteiger partial charge < -0.3 is 19.9 Å². The smallest absolute Gasteiger partial charge is 0.280 e. The highest BCUT2D eigenvalue weighted by molar-refractivity contribution is 5.97. The van der Waals surface area contributed by atoms with E-state index in [1.165, 1.54) is 6.07 Å². The van der Waals surface area contributed by atoms with Gasteiger partial charge in [-0.2, -0.15) is 0 Å². The molecule has 1 saturated heterocycles. The third-order valence-corrected chi connectivity index (χ3v) is 6.34. The monoisotopic (exact) mass is 464 g/mol. The zero-order chi connectivity index (χ0) is 23.7. The number of hydrogen-bond donors (Lipinski definition) is 2. The summed E-state index contributed by atoms with van der Waals surface area (Å²) in [5.74, 6) is -0.978. The fourth-order valence-corrected chi connectivity index (χ4v) is 4.31. The SMILES string of the molecule is O=C(N[C@H](C(=O)N1CCC(Oc2ccccc2F)CC1)C1CC1)c1nc2ccccc2[nH]c1=O. The summed E-state index contributed by atoms with van der Waals surface area (Å²) in [6.45, 7) is 0.900. The summed E-state index contributed by atoms with van der Waals surface area (Å²) in [7, 11) is 0. The predicted molar refractivity (Wildman–Crippen MR) is 123 cm³/mol. The molecular weight excluding hydrogens is 439 g/mol. The number of nitrogens with one attached hydrogen (secondary N) is 2. The average molecular weight is 464 g/mol. The number of hydrogen-bond acceptors (Lipinski definition) is 5. The van der Waals surface area contributed by atoms with Crippen LogP contribution in [0.1, 0.15) is 36.2 Å². The van der Waals surface area contributed by atoms with Crippen molar-refractivity contribution in [2.75, 3.05) is 13.1 Å². The Morgan fingerprint density at radius 3 is 2.50 bits per heavy atom. The number of amides is 2. The van der Waals surface area contributed by atoms with E-state index in [2.05, 4.69) is 15.3 Å². The maximum absolute atomic E-state index is 13.9. The fraction of sp³-hybridized carbons (Fsp3) is 0.360. The zero-order valence-corrected chi connectivity index (χ0v) is 18.5. The van der Waals surface area contributed by atoms with Gasteiger partial charge in [-0.1, -0.05) is 24.3 Å². The summed E-state index contributed by atoms with van der Waals surface area (Å²) >= 11 is 0. The maximum Gasteiger partial charge on any atom is 0.280 e. The number of nitrogens with zero attached hydrogens (tertiary/aromatic N) is 2. The minimum atomic E-state index is -0.704. The van der Waals surface area contributed by atoms with Crippen molar-refractivity contribution >= 4 is 22.8 Å². The molecule has 2 aliphatic rings. The number of fused-ring (bicyclic) bond motifs is 1. The molecule has 1 aromatic heterocycles. The first-order valence-corrected chi connectivity index (χ1v) is 11.5. The van der Waals surface area contributed by atoms with Gasteiger partial charge in [-0.25, -0.2) is 9.37 Å². The largest absolute Gasteiger partial charge is 0.487 e. The first-order chi connectivity index (χ1) is 16.5. The summed E-state index contributed by atoms with van der Waals surface area (Å²) in [5.41, 5.74) is 0.191. The number of ether oxygens (including phenoxy) is 1. The standard InChI is InChI=1S/C25H25FN4O4/c26-17-5-1-4-8-20(17)34-16-11-13-30(14-12-16)25(33)21(15-9-10-15)29-24(32)22-23(31)28-19-7-3-2-6-18(19)27-22/h1-8,15-16,21H,9-14H2,(H,28,31)(H,29,32)/t21-/m0/s1. The second-order valence-electron chi connectivity index (χ2n) is 8.79. The van der Waals surface area contributed by atoms with Crippen LogP contribution in [0.3, 0.4) is 0 Å². The van der Waals surface area contributed by atoms with E-state index < -0.39 is 23.3 Å². The number of carbonyl (C=O) groups is 2. The molecule has 2 amide bonds. The van der Waals surface area contributed by atoms with Crippen molar-refractivity contribution in [3.8, 4) is 5.75 Å². The summed E-state index contributed by atoms with van der Waals surface area (Å²) in [6.07, 6.45) is 2.63. The Kier molecular flexibility index (Phi) is 6.00. The maximum atomic E-state index is 13.9. The van der Waals surface area contributed by atoms with Crippen molar-refractivity contribution in [2.24, 2.45) is 5.92 Å². The minimum Gasteiger partial charge on any atom is -0.487 e. The van der Waals surface area contributed by atoms with Crippen LogP contribution in [-0.4, -0.2) is 51.9 Å². The lowest BCUT2D eigenvalue weighted by atomic mass is 10.0. The van der Waals surface area contributed by atoms with Crippen LogP contribution in [0, 0.1) is 11.7 Å². The number of aromatic amines is 1. The number of aromatic nitrogens is 2. The van der Waals surface area contributed by atoms with Gasteiger partial charge in [-0.15, -0.1) is 0 Å². The van der Waals surface area contributed by atoms with Crippen molar-refractivity contribution in [3.63, 3.8) is 0 Å². The quantitative estimate of drug-likeness (QED) is 0.584. The summed E-state index contributed by atoms with van der Waals surface area (Å²) < 4.78 is 19.6. The lowest BCUT2D eigenvalue weighted by Crippen LogP contribution is -2.53. The first kappa shape index (κ1) is 22.1. The second kappa shape index (κ2) is 9.24. The van der Waals surface area contributed by atoms with Crippen LogP contribution in [0.2, 0.25) is 0 Å². The molecule has 1 atom stereocenters. The van der Waals surface area contributed by atoms with Crippen LogP contribution in [-0.2, 0) is 4.79 Å². The van der Waals surface area contributed by atoms with Crippen LogP contribution in [0.4, 0.5) is 4.39 Å². The van der Waals surface area contributed by atoms with Gasteiger partial charge in [0.2, 0.25) is 5.91 Å². The van der Waals surface area contributed by atoms with Crippen LogP contribution < -0.4 is 15.6 Å². The Bertz CT molecular complexity index is 1280. The van der Waals surface area contributed by atoms with E-state index in [0.29, 0.717) is 37.0 Å². The number of halogens is 1. The zero-order valence-electron chi connectivity index (χ0n) is 18.5. The van der Waals surface area contributed by atoms with Gasteiger partial charge in [-0.3, -0.25) is 14.4 Å². The normalized spacial score (nSPS) is 17.4. The minimum absolute atomic E-state index is 0.0448. The molecule has 1 aliphatic heterocycles. The molecule has 2 aromatic carbocycles. The van der Waals surface area contributed by atoms with Crippen LogP contribution in [0.15, 0.2) is 53.3 Å². The Morgan fingerprint density at radius 2 is 1.76 bits per heavy atom. The third-order valence-electron chi connectivity index (χ3n) is 6.34.